The Labute approximate surface area is 310 Å². The van der Waals surface area contributed by atoms with Crippen LogP contribution in [0.15, 0.2) is 61.1 Å². The third-order valence-corrected chi connectivity index (χ3v) is 10.9. The number of anilines is 2. The van der Waals surface area contributed by atoms with Crippen molar-refractivity contribution in [3.63, 3.8) is 0 Å². The molecule has 3 aliphatic rings. The largest absolute Gasteiger partial charge is 0.484 e. The second-order valence-electron chi connectivity index (χ2n) is 15.9. The predicted molar refractivity (Wildman–Crippen MR) is 203 cm³/mol. The highest BCUT2D eigenvalue weighted by atomic mass is 16.5. The van der Waals surface area contributed by atoms with Gasteiger partial charge in [-0.3, -0.25) is 19.3 Å². The van der Waals surface area contributed by atoms with Crippen molar-refractivity contribution >= 4 is 23.4 Å². The molecule has 0 spiro atoms. The van der Waals surface area contributed by atoms with Crippen LogP contribution in [0.4, 0.5) is 16.6 Å². The van der Waals surface area contributed by atoms with E-state index in [1.807, 2.05) is 51.8 Å². The van der Waals surface area contributed by atoms with Crippen LogP contribution < -0.4 is 20.3 Å². The molecule has 2 saturated heterocycles. The number of hydrogen-bond acceptors (Lipinski definition) is 9. The number of ether oxygens (including phenoxy) is 1. The highest BCUT2D eigenvalue weighted by Gasteiger charge is 2.31. The molecule has 2 fully saturated rings. The van der Waals surface area contributed by atoms with Crippen molar-refractivity contribution in [2.75, 3.05) is 36.4 Å². The van der Waals surface area contributed by atoms with Gasteiger partial charge in [-0.25, -0.2) is 9.48 Å². The Morgan fingerprint density at radius 1 is 0.981 bits per heavy atom. The van der Waals surface area contributed by atoms with E-state index >= 15 is 0 Å². The van der Waals surface area contributed by atoms with Crippen molar-refractivity contribution in [3.05, 3.63) is 77.9 Å². The van der Waals surface area contributed by atoms with Crippen molar-refractivity contribution in [2.45, 2.75) is 102 Å². The van der Waals surface area contributed by atoms with Gasteiger partial charge in [-0.05, 0) is 68.7 Å². The van der Waals surface area contributed by atoms with E-state index in [9.17, 15) is 9.90 Å². The topological polar surface area (TPSA) is 143 Å². The number of aliphatic hydroxyl groups excluding tert-OH is 1. The minimum absolute atomic E-state index is 0.165. The fourth-order valence-corrected chi connectivity index (χ4v) is 7.89. The van der Waals surface area contributed by atoms with Gasteiger partial charge in [-0.2, -0.15) is 10.2 Å². The number of piperidine rings is 1. The maximum atomic E-state index is 13.7. The monoisotopic (exact) mass is 721 g/mol. The van der Waals surface area contributed by atoms with Crippen molar-refractivity contribution in [1.29, 1.82) is 0 Å². The predicted octanol–water partition coefficient (Wildman–Crippen LogP) is 5.63. The Balaban J connectivity index is 0.963. The van der Waals surface area contributed by atoms with Crippen LogP contribution in [0.2, 0.25) is 0 Å². The summed E-state index contributed by atoms with van der Waals surface area (Å²) in [6.45, 7) is 12.6. The SMILES string of the molecule is C[C@H]1CCCCN1c1nnc2ccc(O[C@@H]3CC[C@H](NC(=O)Nc4cc(C(C)(C)C)nn4-c4cnn(CCN5CC[C@H](O)C5)c4)c4ccccc43)cn12. The summed E-state index contributed by atoms with van der Waals surface area (Å²) in [5.74, 6) is 2.19. The van der Waals surface area contributed by atoms with E-state index in [-0.39, 0.29) is 29.7 Å². The molecule has 4 atom stereocenters. The molecule has 14 nitrogen and oxygen atoms in total. The zero-order valence-corrected chi connectivity index (χ0v) is 31.1. The summed E-state index contributed by atoms with van der Waals surface area (Å²) in [6.07, 6.45) is 11.1. The van der Waals surface area contributed by atoms with Crippen LogP contribution in [0.3, 0.4) is 0 Å². The van der Waals surface area contributed by atoms with Gasteiger partial charge >= 0.3 is 6.03 Å². The molecule has 6 heterocycles. The Bertz CT molecular complexity index is 2060. The maximum Gasteiger partial charge on any atom is 0.320 e. The minimum Gasteiger partial charge on any atom is -0.484 e. The number of hydrogen-bond donors (Lipinski definition) is 3. The fraction of sp³-hybridized carbons (Fsp3) is 0.513. The van der Waals surface area contributed by atoms with E-state index in [0.29, 0.717) is 31.4 Å². The van der Waals surface area contributed by atoms with Crippen molar-refractivity contribution in [2.24, 2.45) is 0 Å². The van der Waals surface area contributed by atoms with E-state index < -0.39 is 0 Å². The van der Waals surface area contributed by atoms with Gasteiger partial charge in [0.25, 0.3) is 0 Å². The number of carbonyl (C=O) groups excluding carboxylic acids is 1. The minimum atomic E-state index is -0.303. The second kappa shape index (κ2) is 14.5. The van der Waals surface area contributed by atoms with Gasteiger partial charge in [0.05, 0.1) is 43.0 Å². The average molecular weight is 722 g/mol. The lowest BCUT2D eigenvalue weighted by Gasteiger charge is -2.33. The van der Waals surface area contributed by atoms with Gasteiger partial charge in [0.1, 0.15) is 23.4 Å². The van der Waals surface area contributed by atoms with Gasteiger partial charge < -0.3 is 20.1 Å². The Morgan fingerprint density at radius 3 is 2.62 bits per heavy atom. The molecule has 1 aliphatic carbocycles. The zero-order chi connectivity index (χ0) is 36.7. The van der Waals surface area contributed by atoms with Crippen molar-refractivity contribution in [3.8, 4) is 11.4 Å². The Hall–Kier alpha value is -4.95. The number of aromatic nitrogens is 7. The standard InChI is InChI=1S/C39H51N11O3/c1-26-9-7-8-17-48(26)38-44-43-35-15-12-29(25-49(35)38)53-33-14-13-32(30-10-5-6-11-31(30)33)41-37(52)42-36-21-34(39(2,3)4)45-50(36)27-22-40-47(23-27)20-19-46-18-16-28(51)24-46/h5-6,10-12,15,21-23,25-26,28,32-33,51H,7-9,13-14,16-20,24H2,1-4H3,(H2,41,42,52)/t26-,28-,32-,33+/m0/s1. The molecule has 4 aromatic heterocycles. The number of nitrogens with one attached hydrogen (secondary N) is 2. The first-order valence-corrected chi connectivity index (χ1v) is 19.1. The molecule has 2 aliphatic heterocycles. The molecule has 3 N–H and O–H groups in total. The second-order valence-corrected chi connectivity index (χ2v) is 15.9. The number of pyridine rings is 1. The number of rotatable bonds is 9. The third kappa shape index (κ3) is 7.47. The summed E-state index contributed by atoms with van der Waals surface area (Å²) in [6, 6.07) is 14.0. The number of carbonyl (C=O) groups is 1. The molecular weight excluding hydrogens is 671 g/mol. The summed E-state index contributed by atoms with van der Waals surface area (Å²) < 4.78 is 12.4. The van der Waals surface area contributed by atoms with Gasteiger partial charge in [-0.1, -0.05) is 45.0 Å². The van der Waals surface area contributed by atoms with E-state index in [1.54, 1.807) is 10.9 Å². The molecule has 2 amide bonds. The first-order valence-electron chi connectivity index (χ1n) is 19.1. The quantitative estimate of drug-likeness (QED) is 0.177. The smallest absolute Gasteiger partial charge is 0.320 e. The van der Waals surface area contributed by atoms with Crippen LogP contribution in [-0.2, 0) is 12.0 Å². The lowest BCUT2D eigenvalue weighted by atomic mass is 9.85. The fourth-order valence-electron chi connectivity index (χ4n) is 7.89. The number of likely N-dealkylation sites (tertiary alicyclic amines) is 1. The number of aliphatic hydroxyl groups is 1. The highest BCUT2D eigenvalue weighted by molar-refractivity contribution is 5.89. The van der Waals surface area contributed by atoms with Crippen LogP contribution in [-0.4, -0.2) is 88.5 Å². The molecule has 0 radical (unpaired) electrons. The molecule has 53 heavy (non-hydrogen) atoms. The van der Waals surface area contributed by atoms with E-state index in [0.717, 1.165) is 85.2 Å². The molecule has 1 aromatic carbocycles. The van der Waals surface area contributed by atoms with Crippen molar-refractivity contribution in [1.82, 2.24) is 44.4 Å². The van der Waals surface area contributed by atoms with Gasteiger partial charge in [-0.15, -0.1) is 10.2 Å². The number of fused-ring (bicyclic) bond motifs is 2. The molecule has 14 heteroatoms. The first-order chi connectivity index (χ1) is 25.6. The molecule has 8 rings (SSSR count). The molecule has 0 bridgehead atoms. The number of β-amino-alcohol motifs (C(OH)–C–C–N with tert-alkyl or cyclic N) is 1. The highest BCUT2D eigenvalue weighted by Crippen LogP contribution is 2.39. The van der Waals surface area contributed by atoms with Crippen LogP contribution in [0.1, 0.15) is 95.2 Å². The zero-order valence-electron chi connectivity index (χ0n) is 31.1. The third-order valence-electron chi connectivity index (χ3n) is 10.9. The van der Waals surface area contributed by atoms with Gasteiger partial charge in [0, 0.05) is 43.7 Å². The lowest BCUT2D eigenvalue weighted by molar-refractivity contribution is 0.171. The van der Waals surface area contributed by atoms with Crippen LogP contribution in [0.5, 0.6) is 5.75 Å². The van der Waals surface area contributed by atoms with Gasteiger partial charge in [0.2, 0.25) is 5.95 Å². The Morgan fingerprint density at radius 2 is 1.83 bits per heavy atom. The average Bonchev–Trinajstić information content (AvgIpc) is 3.95. The Kier molecular flexibility index (Phi) is 9.58. The molecule has 0 unspecified atom stereocenters. The molecule has 5 aromatic rings. The van der Waals surface area contributed by atoms with Crippen LogP contribution in [0, 0.1) is 0 Å². The first kappa shape index (κ1) is 35.1. The molecule has 280 valence electrons. The molecular formula is C39H51N11O3. The summed E-state index contributed by atoms with van der Waals surface area (Å²) >= 11 is 0. The van der Waals surface area contributed by atoms with Crippen molar-refractivity contribution < 1.29 is 14.6 Å². The maximum absolute atomic E-state index is 13.7. The number of amides is 2. The van der Waals surface area contributed by atoms with Crippen LogP contribution in [0.25, 0.3) is 11.3 Å². The summed E-state index contributed by atoms with van der Waals surface area (Å²) in [5, 5.41) is 34.7. The van der Waals surface area contributed by atoms with Gasteiger partial charge in [0.15, 0.2) is 5.65 Å². The van der Waals surface area contributed by atoms with E-state index in [4.69, 9.17) is 9.84 Å². The summed E-state index contributed by atoms with van der Waals surface area (Å²) in [5.41, 5.74) is 4.30. The summed E-state index contributed by atoms with van der Waals surface area (Å²) in [7, 11) is 0. The number of urea groups is 1. The number of nitrogens with zero attached hydrogens (tertiary/aromatic N) is 9. The van der Waals surface area contributed by atoms with E-state index in [2.05, 4.69) is 75.6 Å². The summed E-state index contributed by atoms with van der Waals surface area (Å²) in [4.78, 5) is 18.3. The van der Waals surface area contributed by atoms with E-state index in [1.165, 1.54) is 6.42 Å². The lowest BCUT2D eigenvalue weighted by Crippen LogP contribution is -2.38. The van der Waals surface area contributed by atoms with Crippen LogP contribution >= 0.6 is 0 Å². The normalized spacial score (nSPS) is 22.2. The number of benzene rings is 1. The molecule has 0 saturated carbocycles.